The third kappa shape index (κ3) is 2.61. The molecule has 0 bridgehead atoms. The number of rotatable bonds is 1. The van der Waals surface area contributed by atoms with E-state index in [2.05, 4.69) is 87.5 Å². The van der Waals surface area contributed by atoms with Crippen molar-refractivity contribution in [1.82, 2.24) is 0 Å². The molecule has 0 amide bonds. The van der Waals surface area contributed by atoms with E-state index in [1.54, 1.807) is 0 Å². The fraction of sp³-hybridized carbons (Fsp3) is 0.182. The normalized spacial score (nSPS) is 13.9. The van der Waals surface area contributed by atoms with Crippen molar-refractivity contribution in [2.24, 2.45) is 0 Å². The molecule has 0 saturated heterocycles. The largest absolute Gasteiger partial charge is 2.00 e. The van der Waals surface area contributed by atoms with Gasteiger partial charge >= 0.3 is 31.1 Å². The SMILES string of the molecule is Cc1[c-]c(-c2[c-]cc3c(c2)-c2ccccc2C3(C)C)ccc1.[U+2]. The molecule has 0 aliphatic heterocycles. The zero-order valence-electron chi connectivity index (χ0n) is 13.7. The second kappa shape index (κ2) is 5.97. The smallest absolute Gasteiger partial charge is 0.226 e. The predicted molar refractivity (Wildman–Crippen MR) is 91.9 cm³/mol. The van der Waals surface area contributed by atoms with E-state index in [4.69, 9.17) is 0 Å². The van der Waals surface area contributed by atoms with Crippen molar-refractivity contribution in [3.63, 3.8) is 0 Å². The summed E-state index contributed by atoms with van der Waals surface area (Å²) < 4.78 is 0. The number of hydrogen-bond acceptors (Lipinski definition) is 0. The molecule has 23 heavy (non-hydrogen) atoms. The summed E-state index contributed by atoms with van der Waals surface area (Å²) in [6.45, 7) is 6.67. The Balaban J connectivity index is 0.00000156. The first-order valence-electron chi connectivity index (χ1n) is 7.73. The van der Waals surface area contributed by atoms with E-state index in [1.165, 1.54) is 22.3 Å². The van der Waals surface area contributed by atoms with Gasteiger partial charge in [-0.3, -0.25) is 0 Å². The Morgan fingerprint density at radius 2 is 1.61 bits per heavy atom. The minimum atomic E-state index is 0. The maximum Gasteiger partial charge on any atom is 2.00 e. The van der Waals surface area contributed by atoms with E-state index >= 15 is 0 Å². The van der Waals surface area contributed by atoms with Gasteiger partial charge in [-0.05, 0) is 16.5 Å². The maximum absolute atomic E-state index is 3.47. The van der Waals surface area contributed by atoms with Crippen LogP contribution in [0.3, 0.4) is 0 Å². The van der Waals surface area contributed by atoms with E-state index < -0.39 is 0 Å². The molecule has 0 unspecified atom stereocenters. The number of aryl methyl sites for hydroxylation is 1. The summed E-state index contributed by atoms with van der Waals surface area (Å²) in [5, 5.41) is 0. The van der Waals surface area contributed by atoms with Gasteiger partial charge in [0, 0.05) is 0 Å². The molecule has 110 valence electrons. The van der Waals surface area contributed by atoms with Crippen molar-refractivity contribution in [3.8, 4) is 22.3 Å². The molecule has 1 aliphatic carbocycles. The van der Waals surface area contributed by atoms with Gasteiger partial charge in [0.25, 0.3) is 0 Å². The monoisotopic (exact) mass is 520 g/mol. The van der Waals surface area contributed by atoms with Crippen LogP contribution in [0.15, 0.2) is 54.6 Å². The van der Waals surface area contributed by atoms with Gasteiger partial charge in [0.2, 0.25) is 0 Å². The number of benzene rings is 3. The van der Waals surface area contributed by atoms with Gasteiger partial charge in [-0.1, -0.05) is 45.0 Å². The van der Waals surface area contributed by atoms with Gasteiger partial charge in [-0.2, -0.15) is 36.4 Å². The van der Waals surface area contributed by atoms with Gasteiger partial charge in [-0.25, -0.2) is 11.1 Å². The van der Waals surface area contributed by atoms with E-state index in [0.717, 1.165) is 16.7 Å². The van der Waals surface area contributed by atoms with Crippen LogP contribution in [0.2, 0.25) is 0 Å². The summed E-state index contributed by atoms with van der Waals surface area (Å²) in [4.78, 5) is 0. The summed E-state index contributed by atoms with van der Waals surface area (Å²) in [5.41, 5.74) is 8.91. The van der Waals surface area contributed by atoms with Crippen molar-refractivity contribution in [1.29, 1.82) is 0 Å². The Kier molecular flexibility index (Phi) is 4.30. The van der Waals surface area contributed by atoms with Crippen molar-refractivity contribution < 1.29 is 31.1 Å². The summed E-state index contributed by atoms with van der Waals surface area (Å²) in [7, 11) is 0. The van der Waals surface area contributed by atoms with Gasteiger partial charge in [0.1, 0.15) is 0 Å². The minimum Gasteiger partial charge on any atom is -0.226 e. The van der Waals surface area contributed by atoms with Crippen LogP contribution in [0.1, 0.15) is 30.5 Å². The standard InChI is InChI=1S/C22H18.U/c1-15-7-6-8-16(13-15)17-11-12-21-19(14-17)18-9-4-5-10-20(18)22(21,2)3;/h4-10,12,14H,1-3H3;/q-2;+2. The van der Waals surface area contributed by atoms with E-state index in [1.807, 2.05) is 0 Å². The zero-order chi connectivity index (χ0) is 15.3. The van der Waals surface area contributed by atoms with Crippen LogP contribution in [0.5, 0.6) is 0 Å². The average Bonchev–Trinajstić information content (AvgIpc) is 2.76. The van der Waals surface area contributed by atoms with Crippen molar-refractivity contribution in [2.75, 3.05) is 0 Å². The Morgan fingerprint density at radius 3 is 2.39 bits per heavy atom. The van der Waals surface area contributed by atoms with E-state index in [9.17, 15) is 0 Å². The second-order valence-electron chi connectivity index (χ2n) is 6.59. The van der Waals surface area contributed by atoms with Gasteiger partial charge < -0.3 is 0 Å². The Hall–Kier alpha value is -1.29. The molecule has 0 radical (unpaired) electrons. The Bertz CT molecular complexity index is 875. The van der Waals surface area contributed by atoms with Crippen LogP contribution in [0, 0.1) is 50.2 Å². The van der Waals surface area contributed by atoms with Crippen LogP contribution >= 0.6 is 0 Å². The Morgan fingerprint density at radius 1 is 0.826 bits per heavy atom. The third-order valence-corrected chi connectivity index (χ3v) is 4.75. The van der Waals surface area contributed by atoms with Crippen LogP contribution < -0.4 is 0 Å². The molecule has 0 heterocycles. The molecule has 0 nitrogen and oxygen atoms in total. The molecule has 1 heteroatoms. The number of hydrogen-bond donors (Lipinski definition) is 0. The molecule has 0 spiro atoms. The quantitative estimate of drug-likeness (QED) is 0.369. The first-order valence-corrected chi connectivity index (χ1v) is 7.73. The van der Waals surface area contributed by atoms with E-state index in [0.29, 0.717) is 0 Å². The molecular weight excluding hydrogens is 502 g/mol. The maximum atomic E-state index is 3.47. The van der Waals surface area contributed by atoms with Crippen molar-refractivity contribution in [3.05, 3.63) is 83.4 Å². The molecule has 0 fully saturated rings. The molecular formula is C22H18U. The number of fused-ring (bicyclic) bond motifs is 3. The van der Waals surface area contributed by atoms with Crippen LogP contribution in [0.25, 0.3) is 22.3 Å². The van der Waals surface area contributed by atoms with Crippen LogP contribution in [-0.2, 0) is 5.41 Å². The summed E-state index contributed by atoms with van der Waals surface area (Å²) in [6, 6.07) is 26.3. The molecule has 3 aromatic rings. The van der Waals surface area contributed by atoms with Crippen molar-refractivity contribution >= 4 is 0 Å². The molecule has 0 aromatic heterocycles. The fourth-order valence-corrected chi connectivity index (χ4v) is 3.54. The topological polar surface area (TPSA) is 0 Å². The Labute approximate surface area is 162 Å². The molecule has 1 aliphatic rings. The van der Waals surface area contributed by atoms with Gasteiger partial charge in [0.05, 0.1) is 0 Å². The first kappa shape index (κ1) is 16.6. The first-order chi connectivity index (χ1) is 10.6. The van der Waals surface area contributed by atoms with Crippen LogP contribution in [0.4, 0.5) is 0 Å². The molecule has 0 saturated carbocycles. The molecule has 4 rings (SSSR count). The van der Waals surface area contributed by atoms with Gasteiger partial charge in [-0.15, -0.1) is 22.8 Å². The van der Waals surface area contributed by atoms with Gasteiger partial charge in [0.15, 0.2) is 0 Å². The predicted octanol–water partition coefficient (Wildman–Crippen LogP) is 5.57. The van der Waals surface area contributed by atoms with Crippen LogP contribution in [-0.4, -0.2) is 0 Å². The fourth-order valence-electron chi connectivity index (χ4n) is 3.54. The van der Waals surface area contributed by atoms with Crippen molar-refractivity contribution in [2.45, 2.75) is 26.2 Å². The second-order valence-corrected chi connectivity index (χ2v) is 6.59. The summed E-state index contributed by atoms with van der Waals surface area (Å²) >= 11 is 0. The zero-order valence-corrected chi connectivity index (χ0v) is 17.9. The summed E-state index contributed by atoms with van der Waals surface area (Å²) in [6.07, 6.45) is 0. The minimum absolute atomic E-state index is 0. The molecule has 3 aromatic carbocycles. The average molecular weight is 520 g/mol. The summed E-state index contributed by atoms with van der Waals surface area (Å²) in [5.74, 6) is 0. The third-order valence-electron chi connectivity index (χ3n) is 4.75. The molecule has 0 N–H and O–H groups in total. The van der Waals surface area contributed by atoms with E-state index in [-0.39, 0.29) is 36.5 Å². The molecule has 0 atom stereocenters.